The summed E-state index contributed by atoms with van der Waals surface area (Å²) in [5.74, 6) is -1.65. The summed E-state index contributed by atoms with van der Waals surface area (Å²) in [7, 11) is 0. The molecule has 1 aliphatic heterocycles. The largest absolute Gasteiger partial charge is 0.444 e. The summed E-state index contributed by atoms with van der Waals surface area (Å²) in [5, 5.41) is 10.2. The third-order valence-corrected chi connectivity index (χ3v) is 2.98. The van der Waals surface area contributed by atoms with Gasteiger partial charge in [0, 0.05) is 0 Å². The van der Waals surface area contributed by atoms with Gasteiger partial charge in [-0.15, -0.1) is 0 Å². The molecule has 0 aliphatic carbocycles. The van der Waals surface area contributed by atoms with E-state index in [1.54, 1.807) is 20.8 Å². The molecule has 1 saturated heterocycles. The van der Waals surface area contributed by atoms with Crippen molar-refractivity contribution in [2.45, 2.75) is 32.0 Å². The van der Waals surface area contributed by atoms with Gasteiger partial charge in [0.1, 0.15) is 22.8 Å². The van der Waals surface area contributed by atoms with E-state index < -0.39 is 34.5 Å². The van der Waals surface area contributed by atoms with Crippen LogP contribution in [0.5, 0.6) is 0 Å². The molecule has 0 aromatic heterocycles. The van der Waals surface area contributed by atoms with Crippen molar-refractivity contribution in [1.82, 2.24) is 4.90 Å². The monoisotopic (exact) mass is 285 g/mol. The number of nitrogens with zero attached hydrogens (tertiary/aromatic N) is 1. The maximum absolute atomic E-state index is 13.6. The topological polar surface area (TPSA) is 49.8 Å². The number of rotatable bonds is 1. The van der Waals surface area contributed by atoms with Crippen LogP contribution in [0.1, 0.15) is 26.3 Å². The van der Waals surface area contributed by atoms with E-state index in [1.807, 2.05) is 0 Å². The predicted molar refractivity (Wildman–Crippen MR) is 68.1 cm³/mol. The first kappa shape index (κ1) is 14.7. The van der Waals surface area contributed by atoms with Gasteiger partial charge in [0.15, 0.2) is 0 Å². The molecule has 1 fully saturated rings. The van der Waals surface area contributed by atoms with Crippen LogP contribution in [0.4, 0.5) is 13.6 Å². The average Bonchev–Trinajstić information content (AvgIpc) is 2.22. The van der Waals surface area contributed by atoms with Gasteiger partial charge in [-0.2, -0.15) is 0 Å². The molecule has 0 bridgehead atoms. The minimum atomic E-state index is -1.70. The normalized spacial score (nSPS) is 17.6. The number of halogens is 2. The highest BCUT2D eigenvalue weighted by Crippen LogP contribution is 2.35. The number of β-amino-alcohol motifs (C(OH)–C–C–N with tert-alkyl or cyclic N) is 1. The number of carbonyl (C=O) groups excluding carboxylic acids is 1. The van der Waals surface area contributed by atoms with Gasteiger partial charge in [0.05, 0.1) is 18.7 Å². The van der Waals surface area contributed by atoms with Gasteiger partial charge in [0.2, 0.25) is 0 Å². The molecule has 1 aromatic carbocycles. The quantitative estimate of drug-likeness (QED) is 0.862. The maximum Gasteiger partial charge on any atom is 0.410 e. The minimum Gasteiger partial charge on any atom is -0.444 e. The lowest BCUT2D eigenvalue weighted by molar-refractivity contribution is -0.107. The first-order chi connectivity index (χ1) is 9.12. The van der Waals surface area contributed by atoms with E-state index in [2.05, 4.69) is 0 Å². The van der Waals surface area contributed by atoms with Crippen LogP contribution >= 0.6 is 0 Å². The van der Waals surface area contributed by atoms with E-state index in [0.29, 0.717) is 0 Å². The smallest absolute Gasteiger partial charge is 0.410 e. The number of aliphatic hydroxyl groups is 1. The highest BCUT2D eigenvalue weighted by Gasteiger charge is 2.49. The Morgan fingerprint density at radius 2 is 1.80 bits per heavy atom. The molecule has 20 heavy (non-hydrogen) atoms. The lowest BCUT2D eigenvalue weighted by atomic mass is 9.85. The van der Waals surface area contributed by atoms with Crippen molar-refractivity contribution in [1.29, 1.82) is 0 Å². The number of hydrogen-bond acceptors (Lipinski definition) is 3. The summed E-state index contributed by atoms with van der Waals surface area (Å²) in [6.07, 6.45) is -0.612. The Morgan fingerprint density at radius 3 is 2.25 bits per heavy atom. The second-order valence-electron chi connectivity index (χ2n) is 5.96. The van der Waals surface area contributed by atoms with E-state index in [4.69, 9.17) is 4.74 Å². The summed E-state index contributed by atoms with van der Waals surface area (Å²) in [6, 6.07) is 3.38. The van der Waals surface area contributed by atoms with Crippen molar-refractivity contribution in [2.75, 3.05) is 13.1 Å². The van der Waals surface area contributed by atoms with Crippen LogP contribution in [0.25, 0.3) is 0 Å². The van der Waals surface area contributed by atoms with Crippen LogP contribution in [0, 0.1) is 11.6 Å². The lowest BCUT2D eigenvalue weighted by Crippen LogP contribution is -2.62. The molecular formula is C14H17F2NO3. The Bertz CT molecular complexity index is 513. The zero-order chi connectivity index (χ0) is 15.1. The number of benzene rings is 1. The molecule has 6 heteroatoms. The van der Waals surface area contributed by atoms with Crippen molar-refractivity contribution < 1.29 is 23.4 Å². The Morgan fingerprint density at radius 1 is 1.30 bits per heavy atom. The Labute approximate surface area is 116 Å². The van der Waals surface area contributed by atoms with Crippen molar-refractivity contribution in [2.24, 2.45) is 0 Å². The molecule has 0 spiro atoms. The molecule has 1 aromatic rings. The number of amides is 1. The summed E-state index contributed by atoms with van der Waals surface area (Å²) >= 11 is 0. The molecule has 2 rings (SSSR count). The number of hydrogen-bond donors (Lipinski definition) is 1. The SMILES string of the molecule is CC(C)(C)OC(=O)N1CC(O)(c2c(F)cccc2F)C1. The molecule has 1 N–H and O–H groups in total. The van der Waals surface area contributed by atoms with Crippen LogP contribution < -0.4 is 0 Å². The molecular weight excluding hydrogens is 268 g/mol. The second-order valence-corrected chi connectivity index (χ2v) is 5.96. The highest BCUT2D eigenvalue weighted by atomic mass is 19.1. The van der Waals surface area contributed by atoms with Crippen LogP contribution in [0.2, 0.25) is 0 Å². The van der Waals surface area contributed by atoms with Gasteiger partial charge in [-0.25, -0.2) is 13.6 Å². The average molecular weight is 285 g/mol. The molecule has 1 heterocycles. The van der Waals surface area contributed by atoms with E-state index in [-0.39, 0.29) is 13.1 Å². The fourth-order valence-corrected chi connectivity index (χ4v) is 2.14. The maximum atomic E-state index is 13.6. The van der Waals surface area contributed by atoms with Crippen LogP contribution in [0.15, 0.2) is 18.2 Å². The van der Waals surface area contributed by atoms with Gasteiger partial charge >= 0.3 is 6.09 Å². The molecule has 0 unspecified atom stereocenters. The zero-order valence-electron chi connectivity index (χ0n) is 11.6. The Kier molecular flexibility index (Phi) is 3.46. The van der Waals surface area contributed by atoms with E-state index in [1.165, 1.54) is 11.0 Å². The summed E-state index contributed by atoms with van der Waals surface area (Å²) in [5.41, 5.74) is -2.76. The standard InChI is InChI=1S/C14H17F2NO3/c1-13(2,3)20-12(18)17-7-14(19,8-17)11-9(15)5-4-6-10(11)16/h4-6,19H,7-8H2,1-3H3. The van der Waals surface area contributed by atoms with Crippen molar-refractivity contribution >= 4 is 6.09 Å². The lowest BCUT2D eigenvalue weighted by Gasteiger charge is -2.46. The fourth-order valence-electron chi connectivity index (χ4n) is 2.14. The van der Waals surface area contributed by atoms with Gasteiger partial charge in [-0.05, 0) is 32.9 Å². The van der Waals surface area contributed by atoms with Crippen molar-refractivity contribution in [3.05, 3.63) is 35.4 Å². The van der Waals surface area contributed by atoms with Gasteiger partial charge in [0.25, 0.3) is 0 Å². The third kappa shape index (κ3) is 2.75. The van der Waals surface area contributed by atoms with E-state index in [0.717, 1.165) is 12.1 Å². The van der Waals surface area contributed by atoms with Gasteiger partial charge in [-0.3, -0.25) is 0 Å². The summed E-state index contributed by atoms with van der Waals surface area (Å²) in [6.45, 7) is 4.76. The summed E-state index contributed by atoms with van der Waals surface area (Å²) in [4.78, 5) is 12.9. The van der Waals surface area contributed by atoms with E-state index >= 15 is 0 Å². The fraction of sp³-hybridized carbons (Fsp3) is 0.500. The molecule has 1 aliphatic rings. The second kappa shape index (κ2) is 4.70. The Balaban J connectivity index is 2.10. The highest BCUT2D eigenvalue weighted by molar-refractivity contribution is 5.70. The zero-order valence-corrected chi connectivity index (χ0v) is 11.6. The molecule has 0 saturated carbocycles. The first-order valence-electron chi connectivity index (χ1n) is 6.27. The number of carbonyl (C=O) groups is 1. The van der Waals surface area contributed by atoms with Crippen molar-refractivity contribution in [3.63, 3.8) is 0 Å². The molecule has 0 radical (unpaired) electrons. The minimum absolute atomic E-state index is 0.195. The number of likely N-dealkylation sites (tertiary alicyclic amines) is 1. The van der Waals surface area contributed by atoms with E-state index in [9.17, 15) is 18.7 Å². The van der Waals surface area contributed by atoms with Crippen LogP contribution in [0.3, 0.4) is 0 Å². The molecule has 1 amide bonds. The molecule has 0 atom stereocenters. The van der Waals surface area contributed by atoms with Crippen LogP contribution in [-0.2, 0) is 10.3 Å². The van der Waals surface area contributed by atoms with Crippen molar-refractivity contribution in [3.8, 4) is 0 Å². The molecule has 4 nitrogen and oxygen atoms in total. The van der Waals surface area contributed by atoms with Gasteiger partial charge in [-0.1, -0.05) is 6.07 Å². The Hall–Kier alpha value is -1.69. The molecule has 110 valence electrons. The van der Waals surface area contributed by atoms with Gasteiger partial charge < -0.3 is 14.7 Å². The first-order valence-corrected chi connectivity index (χ1v) is 6.27. The summed E-state index contributed by atoms with van der Waals surface area (Å²) < 4.78 is 32.4. The number of ether oxygens (including phenoxy) is 1. The third-order valence-electron chi connectivity index (χ3n) is 2.98. The predicted octanol–water partition coefficient (Wildman–Crippen LogP) is 2.40. The van der Waals surface area contributed by atoms with Crippen LogP contribution in [-0.4, -0.2) is 34.8 Å².